The van der Waals surface area contributed by atoms with Crippen molar-refractivity contribution in [3.8, 4) is 0 Å². The van der Waals surface area contributed by atoms with E-state index in [4.69, 9.17) is 4.74 Å². The summed E-state index contributed by atoms with van der Waals surface area (Å²) in [6.45, 7) is 10.5. The molecule has 0 aliphatic carbocycles. The van der Waals surface area contributed by atoms with Crippen LogP contribution in [-0.2, 0) is 4.74 Å². The Hall–Kier alpha value is -1.06. The summed E-state index contributed by atoms with van der Waals surface area (Å²) in [5.74, 6) is 0. The maximum Gasteiger partial charge on any atom is 0.0674 e. The van der Waals surface area contributed by atoms with Gasteiger partial charge >= 0.3 is 0 Å². The number of nitrogens with zero attached hydrogens (tertiary/aromatic N) is 1. The highest BCUT2D eigenvalue weighted by molar-refractivity contribution is 5.44. The average Bonchev–Trinajstić information content (AvgIpc) is 2.41. The fraction of sp³-hybridized carbons (Fsp3) is 0.625. The lowest BCUT2D eigenvalue weighted by Gasteiger charge is -2.38. The van der Waals surface area contributed by atoms with Gasteiger partial charge in [0.2, 0.25) is 0 Å². The molecule has 1 aromatic carbocycles. The summed E-state index contributed by atoms with van der Waals surface area (Å²) in [7, 11) is 0. The van der Waals surface area contributed by atoms with Crippen molar-refractivity contribution in [3.63, 3.8) is 0 Å². The molecule has 0 amide bonds. The van der Waals surface area contributed by atoms with Crippen molar-refractivity contribution < 1.29 is 4.74 Å². The van der Waals surface area contributed by atoms with E-state index in [1.165, 1.54) is 11.3 Å². The monoisotopic (exact) mass is 262 g/mol. The molecular weight excluding hydrogens is 236 g/mol. The minimum atomic E-state index is 0.363. The van der Waals surface area contributed by atoms with Crippen molar-refractivity contribution in [2.24, 2.45) is 0 Å². The molecule has 3 heteroatoms. The predicted octanol–water partition coefficient (Wildman–Crippen LogP) is 2.91. The lowest BCUT2D eigenvalue weighted by atomic mass is 10.1. The molecule has 1 heterocycles. The van der Waals surface area contributed by atoms with E-state index in [1.54, 1.807) is 0 Å². The van der Waals surface area contributed by atoms with Gasteiger partial charge in [-0.2, -0.15) is 0 Å². The SMILES string of the molecule is CCC1COC(C)CN1CCNc1ccc(C)cc1. The maximum atomic E-state index is 5.73. The molecule has 0 spiro atoms. The Morgan fingerprint density at radius 1 is 1.32 bits per heavy atom. The first-order valence-corrected chi connectivity index (χ1v) is 7.35. The average molecular weight is 262 g/mol. The van der Waals surface area contributed by atoms with Crippen molar-refractivity contribution in [2.45, 2.75) is 39.3 Å². The van der Waals surface area contributed by atoms with E-state index in [2.05, 4.69) is 55.3 Å². The van der Waals surface area contributed by atoms with Gasteiger partial charge in [0.1, 0.15) is 0 Å². The molecule has 0 saturated carbocycles. The Morgan fingerprint density at radius 3 is 2.74 bits per heavy atom. The van der Waals surface area contributed by atoms with Gasteiger partial charge in [-0.15, -0.1) is 0 Å². The van der Waals surface area contributed by atoms with Crippen molar-refractivity contribution in [3.05, 3.63) is 29.8 Å². The summed E-state index contributed by atoms with van der Waals surface area (Å²) in [5, 5.41) is 3.50. The van der Waals surface area contributed by atoms with Gasteiger partial charge in [0.05, 0.1) is 12.7 Å². The summed E-state index contributed by atoms with van der Waals surface area (Å²) in [5.41, 5.74) is 2.51. The van der Waals surface area contributed by atoms with Crippen LogP contribution >= 0.6 is 0 Å². The van der Waals surface area contributed by atoms with Crippen LogP contribution in [0.2, 0.25) is 0 Å². The van der Waals surface area contributed by atoms with Crippen LogP contribution in [0.1, 0.15) is 25.8 Å². The molecule has 0 aromatic heterocycles. The standard InChI is InChI=1S/C16H26N2O/c1-4-16-12-19-14(3)11-18(16)10-9-17-15-7-5-13(2)6-8-15/h5-8,14,16-17H,4,9-12H2,1-3H3. The second kappa shape index (κ2) is 6.92. The number of morpholine rings is 1. The lowest BCUT2D eigenvalue weighted by molar-refractivity contribution is -0.0541. The summed E-state index contributed by atoms with van der Waals surface area (Å²) in [4.78, 5) is 2.55. The summed E-state index contributed by atoms with van der Waals surface area (Å²) < 4.78 is 5.73. The van der Waals surface area contributed by atoms with E-state index in [0.717, 1.165) is 32.7 Å². The number of nitrogens with one attached hydrogen (secondary N) is 1. The van der Waals surface area contributed by atoms with Crippen molar-refractivity contribution in [1.82, 2.24) is 4.90 Å². The van der Waals surface area contributed by atoms with Crippen LogP contribution in [0.3, 0.4) is 0 Å². The Kier molecular flexibility index (Phi) is 5.23. The third kappa shape index (κ3) is 4.22. The van der Waals surface area contributed by atoms with Gasteiger partial charge in [0.15, 0.2) is 0 Å². The molecule has 19 heavy (non-hydrogen) atoms. The van der Waals surface area contributed by atoms with E-state index < -0.39 is 0 Å². The number of benzene rings is 1. The Morgan fingerprint density at radius 2 is 2.05 bits per heavy atom. The van der Waals surface area contributed by atoms with Crippen LogP contribution in [0.4, 0.5) is 5.69 Å². The zero-order valence-electron chi connectivity index (χ0n) is 12.4. The smallest absolute Gasteiger partial charge is 0.0674 e. The molecule has 2 unspecified atom stereocenters. The molecule has 1 aromatic rings. The number of hydrogen-bond donors (Lipinski definition) is 1. The van der Waals surface area contributed by atoms with Gasteiger partial charge in [0, 0.05) is 31.4 Å². The fourth-order valence-corrected chi connectivity index (χ4v) is 2.58. The normalized spacial score (nSPS) is 24.4. The highest BCUT2D eigenvalue weighted by Crippen LogP contribution is 2.14. The third-order valence-corrected chi connectivity index (χ3v) is 3.83. The second-order valence-electron chi connectivity index (χ2n) is 5.49. The van der Waals surface area contributed by atoms with Crippen LogP contribution in [0.5, 0.6) is 0 Å². The molecule has 0 radical (unpaired) electrons. The largest absolute Gasteiger partial charge is 0.384 e. The molecule has 1 fully saturated rings. The zero-order chi connectivity index (χ0) is 13.7. The van der Waals surface area contributed by atoms with E-state index in [0.29, 0.717) is 12.1 Å². The molecule has 106 valence electrons. The van der Waals surface area contributed by atoms with Crippen LogP contribution in [0, 0.1) is 6.92 Å². The first-order valence-electron chi connectivity index (χ1n) is 7.35. The number of hydrogen-bond acceptors (Lipinski definition) is 3. The van der Waals surface area contributed by atoms with Gasteiger partial charge in [-0.1, -0.05) is 24.6 Å². The molecule has 1 aliphatic heterocycles. The minimum absolute atomic E-state index is 0.363. The third-order valence-electron chi connectivity index (χ3n) is 3.83. The van der Waals surface area contributed by atoms with Gasteiger partial charge in [-0.25, -0.2) is 0 Å². The minimum Gasteiger partial charge on any atom is -0.384 e. The quantitative estimate of drug-likeness (QED) is 0.883. The van der Waals surface area contributed by atoms with Crippen LogP contribution in [0.25, 0.3) is 0 Å². The van der Waals surface area contributed by atoms with E-state index in [1.807, 2.05) is 0 Å². The zero-order valence-corrected chi connectivity index (χ0v) is 12.4. The fourth-order valence-electron chi connectivity index (χ4n) is 2.58. The Labute approximate surface area is 116 Å². The van der Waals surface area contributed by atoms with Crippen molar-refractivity contribution in [1.29, 1.82) is 0 Å². The first kappa shape index (κ1) is 14.4. The molecule has 3 nitrogen and oxygen atoms in total. The molecule has 1 N–H and O–H groups in total. The number of ether oxygens (including phenoxy) is 1. The molecule has 1 saturated heterocycles. The van der Waals surface area contributed by atoms with Gasteiger partial charge in [0.25, 0.3) is 0 Å². The number of rotatable bonds is 5. The molecule has 2 atom stereocenters. The Balaban J connectivity index is 1.78. The molecule has 2 rings (SSSR count). The van der Waals surface area contributed by atoms with Gasteiger partial charge < -0.3 is 10.1 Å². The van der Waals surface area contributed by atoms with E-state index >= 15 is 0 Å². The number of aryl methyl sites for hydroxylation is 1. The Bertz CT molecular complexity index is 377. The van der Waals surface area contributed by atoms with Gasteiger partial charge in [-0.3, -0.25) is 4.90 Å². The van der Waals surface area contributed by atoms with E-state index in [9.17, 15) is 0 Å². The van der Waals surface area contributed by atoms with Gasteiger partial charge in [-0.05, 0) is 32.4 Å². The predicted molar refractivity (Wildman–Crippen MR) is 80.7 cm³/mol. The topological polar surface area (TPSA) is 24.5 Å². The molecule has 1 aliphatic rings. The summed E-state index contributed by atoms with van der Waals surface area (Å²) in [6, 6.07) is 9.17. The van der Waals surface area contributed by atoms with Crippen LogP contribution < -0.4 is 5.32 Å². The lowest BCUT2D eigenvalue weighted by Crippen LogP contribution is -2.49. The maximum absolute atomic E-state index is 5.73. The second-order valence-corrected chi connectivity index (χ2v) is 5.49. The van der Waals surface area contributed by atoms with Crippen molar-refractivity contribution >= 4 is 5.69 Å². The molecule has 0 bridgehead atoms. The summed E-state index contributed by atoms with van der Waals surface area (Å²) in [6.07, 6.45) is 1.53. The molecular formula is C16H26N2O. The van der Waals surface area contributed by atoms with Crippen LogP contribution in [0.15, 0.2) is 24.3 Å². The van der Waals surface area contributed by atoms with Crippen LogP contribution in [-0.4, -0.2) is 43.3 Å². The van der Waals surface area contributed by atoms with Crippen molar-refractivity contribution in [2.75, 3.05) is 31.6 Å². The van der Waals surface area contributed by atoms with E-state index in [-0.39, 0.29) is 0 Å². The highest BCUT2D eigenvalue weighted by Gasteiger charge is 2.24. The first-order chi connectivity index (χ1) is 9.19. The summed E-state index contributed by atoms with van der Waals surface area (Å²) >= 11 is 0. The highest BCUT2D eigenvalue weighted by atomic mass is 16.5. The number of anilines is 1.